The van der Waals surface area contributed by atoms with Crippen LogP contribution in [-0.4, -0.2) is 32.8 Å². The van der Waals surface area contributed by atoms with Crippen LogP contribution in [0.1, 0.15) is 13.3 Å². The molecule has 0 aromatic heterocycles. The van der Waals surface area contributed by atoms with E-state index in [1.807, 2.05) is 6.92 Å². The van der Waals surface area contributed by atoms with E-state index in [0.717, 1.165) is 0 Å². The Hall–Kier alpha value is 0.427. The van der Waals surface area contributed by atoms with Gasteiger partial charge in [0.25, 0.3) is 0 Å². The summed E-state index contributed by atoms with van der Waals surface area (Å²) in [6.45, 7) is 2.70. The van der Waals surface area contributed by atoms with Crippen LogP contribution in [0.5, 0.6) is 0 Å². The molecule has 5 nitrogen and oxygen atoms in total. The molecule has 0 atom stereocenters. The van der Waals surface area contributed by atoms with E-state index >= 15 is 0 Å². The summed E-state index contributed by atoms with van der Waals surface area (Å²) in [6, 6.07) is 0. The van der Waals surface area contributed by atoms with Crippen molar-refractivity contribution in [3.63, 3.8) is 0 Å². The van der Waals surface area contributed by atoms with Crippen molar-refractivity contribution in [2.75, 3.05) is 19.8 Å². The summed E-state index contributed by atoms with van der Waals surface area (Å²) in [5.41, 5.74) is 0. The van der Waals surface area contributed by atoms with E-state index in [9.17, 15) is 13.0 Å². The first-order chi connectivity index (χ1) is 5.06. The van der Waals surface area contributed by atoms with E-state index in [2.05, 4.69) is 4.18 Å². The van der Waals surface area contributed by atoms with Crippen LogP contribution >= 0.6 is 0 Å². The summed E-state index contributed by atoms with van der Waals surface area (Å²) in [5.74, 6) is 0. The van der Waals surface area contributed by atoms with Crippen LogP contribution in [0.4, 0.5) is 0 Å². The monoisotopic (exact) mass is 190 g/mol. The Morgan fingerprint density at radius 1 is 1.33 bits per heavy atom. The molecule has 0 amide bonds. The SMILES string of the molecule is CCOCCCOS(=O)(=O)[O-].[Li+]. The molecule has 0 aliphatic heterocycles. The molecule has 0 N–H and O–H groups in total. The predicted molar refractivity (Wildman–Crippen MR) is 36.8 cm³/mol. The number of hydrogen-bond donors (Lipinski definition) is 0. The van der Waals surface area contributed by atoms with E-state index < -0.39 is 10.4 Å². The molecule has 0 saturated carbocycles. The zero-order valence-electron chi connectivity index (χ0n) is 7.28. The zero-order valence-corrected chi connectivity index (χ0v) is 8.09. The van der Waals surface area contributed by atoms with Crippen LogP contribution in [0.2, 0.25) is 0 Å². The van der Waals surface area contributed by atoms with Gasteiger partial charge in [-0.25, -0.2) is 8.42 Å². The van der Waals surface area contributed by atoms with Gasteiger partial charge in [0, 0.05) is 13.2 Å². The van der Waals surface area contributed by atoms with Crippen molar-refractivity contribution in [3.05, 3.63) is 0 Å². The minimum absolute atomic E-state index is 0. The third-order valence-electron chi connectivity index (χ3n) is 0.865. The standard InChI is InChI=1S/C5H12O5S.Li/c1-2-9-4-3-5-10-11(6,7)8;/h2-5H2,1H3,(H,6,7,8);/q;+1/p-1. The van der Waals surface area contributed by atoms with E-state index in [0.29, 0.717) is 19.6 Å². The van der Waals surface area contributed by atoms with Crippen molar-refractivity contribution >= 4 is 10.4 Å². The maximum atomic E-state index is 9.85. The van der Waals surface area contributed by atoms with Gasteiger partial charge in [-0.15, -0.1) is 0 Å². The van der Waals surface area contributed by atoms with Gasteiger partial charge in [-0.1, -0.05) is 0 Å². The second-order valence-electron chi connectivity index (χ2n) is 1.78. The fourth-order valence-corrected chi connectivity index (χ4v) is 0.788. The first-order valence-electron chi connectivity index (χ1n) is 3.24. The van der Waals surface area contributed by atoms with Crippen LogP contribution in [0.15, 0.2) is 0 Å². The van der Waals surface area contributed by atoms with Crippen LogP contribution in [0, 0.1) is 0 Å². The Kier molecular flexibility index (Phi) is 10.0. The average molecular weight is 190 g/mol. The maximum absolute atomic E-state index is 9.85. The maximum Gasteiger partial charge on any atom is 1.00 e. The quantitative estimate of drug-likeness (QED) is 0.192. The molecule has 0 unspecified atom stereocenters. The third-order valence-corrected chi connectivity index (χ3v) is 1.32. The summed E-state index contributed by atoms with van der Waals surface area (Å²) in [4.78, 5) is 0. The molecular formula is C5H11LiO5S. The molecule has 0 aromatic rings. The Morgan fingerprint density at radius 2 is 1.92 bits per heavy atom. The summed E-state index contributed by atoms with van der Waals surface area (Å²) in [7, 11) is -4.52. The summed E-state index contributed by atoms with van der Waals surface area (Å²) in [6.07, 6.45) is 0.412. The Bertz CT molecular complexity index is 178. The van der Waals surface area contributed by atoms with Crippen LogP contribution in [0.25, 0.3) is 0 Å². The molecule has 0 bridgehead atoms. The van der Waals surface area contributed by atoms with Gasteiger partial charge in [0.15, 0.2) is 0 Å². The second-order valence-corrected chi connectivity index (χ2v) is 2.83. The molecule has 68 valence electrons. The smallest absolute Gasteiger partial charge is 0.726 e. The molecular weight excluding hydrogens is 179 g/mol. The molecule has 0 radical (unpaired) electrons. The van der Waals surface area contributed by atoms with Gasteiger partial charge in [0.2, 0.25) is 10.4 Å². The van der Waals surface area contributed by atoms with Crippen LogP contribution in [0.3, 0.4) is 0 Å². The van der Waals surface area contributed by atoms with Gasteiger partial charge in [-0.05, 0) is 13.3 Å². The Labute approximate surface area is 84.6 Å². The van der Waals surface area contributed by atoms with Gasteiger partial charge >= 0.3 is 18.9 Å². The molecule has 0 aliphatic carbocycles. The topological polar surface area (TPSA) is 75.7 Å². The van der Waals surface area contributed by atoms with E-state index in [1.54, 1.807) is 0 Å². The van der Waals surface area contributed by atoms with Crippen molar-refractivity contribution in [1.29, 1.82) is 0 Å². The van der Waals surface area contributed by atoms with Gasteiger partial charge < -0.3 is 9.29 Å². The molecule has 7 heteroatoms. The van der Waals surface area contributed by atoms with E-state index in [-0.39, 0.29) is 25.5 Å². The summed E-state index contributed by atoms with van der Waals surface area (Å²) < 4.78 is 38.3. The molecule has 0 heterocycles. The molecule has 0 rings (SSSR count). The third kappa shape index (κ3) is 13.0. The largest absolute Gasteiger partial charge is 1.00 e. The molecule has 0 saturated heterocycles. The van der Waals surface area contributed by atoms with Crippen LogP contribution in [-0.2, 0) is 19.3 Å². The predicted octanol–water partition coefficient (Wildman–Crippen LogP) is -3.11. The summed E-state index contributed by atoms with van der Waals surface area (Å²) in [5, 5.41) is 0. The van der Waals surface area contributed by atoms with E-state index in [4.69, 9.17) is 4.74 Å². The molecule has 0 aliphatic rings. The normalized spacial score (nSPS) is 10.8. The first kappa shape index (κ1) is 14.9. The van der Waals surface area contributed by atoms with Crippen molar-refractivity contribution in [2.24, 2.45) is 0 Å². The van der Waals surface area contributed by atoms with Crippen molar-refractivity contribution in [1.82, 2.24) is 0 Å². The fourth-order valence-electron chi connectivity index (χ4n) is 0.466. The number of ether oxygens (including phenoxy) is 1. The number of rotatable bonds is 6. The fraction of sp³-hybridized carbons (Fsp3) is 1.00. The van der Waals surface area contributed by atoms with E-state index in [1.165, 1.54) is 0 Å². The Morgan fingerprint density at radius 3 is 2.33 bits per heavy atom. The van der Waals surface area contributed by atoms with Gasteiger partial charge in [0.1, 0.15) is 0 Å². The average Bonchev–Trinajstić information content (AvgIpc) is 1.85. The van der Waals surface area contributed by atoms with Crippen molar-refractivity contribution in [3.8, 4) is 0 Å². The van der Waals surface area contributed by atoms with Gasteiger partial charge in [0.05, 0.1) is 6.61 Å². The summed E-state index contributed by atoms with van der Waals surface area (Å²) >= 11 is 0. The molecule has 0 spiro atoms. The number of hydrogen-bond acceptors (Lipinski definition) is 5. The first-order valence-corrected chi connectivity index (χ1v) is 4.57. The minimum Gasteiger partial charge on any atom is -0.726 e. The molecule has 12 heavy (non-hydrogen) atoms. The van der Waals surface area contributed by atoms with Gasteiger partial charge in [-0.2, -0.15) is 0 Å². The van der Waals surface area contributed by atoms with Crippen molar-refractivity contribution < 1.29 is 40.8 Å². The molecule has 0 aromatic carbocycles. The molecule has 0 fully saturated rings. The zero-order chi connectivity index (χ0) is 8.74. The minimum atomic E-state index is -4.52. The van der Waals surface area contributed by atoms with Crippen LogP contribution < -0.4 is 18.9 Å². The Balaban J connectivity index is 0. The van der Waals surface area contributed by atoms with Gasteiger partial charge in [-0.3, -0.25) is 4.18 Å². The second kappa shape index (κ2) is 8.05. The van der Waals surface area contributed by atoms with Crippen molar-refractivity contribution in [2.45, 2.75) is 13.3 Å².